The lowest BCUT2D eigenvalue weighted by Gasteiger charge is -2.09. The normalized spacial score (nSPS) is 13.5. The topological polar surface area (TPSA) is 38.3 Å². The maximum Gasteiger partial charge on any atom is 0.411 e. The summed E-state index contributed by atoms with van der Waals surface area (Å²) < 4.78 is 39.4. The van der Waals surface area contributed by atoms with Crippen LogP contribution in [0.3, 0.4) is 0 Å². The number of rotatable bonds is 8. The van der Waals surface area contributed by atoms with Gasteiger partial charge >= 0.3 is 6.18 Å². The molecule has 17 heavy (non-hydrogen) atoms. The van der Waals surface area contributed by atoms with Crippen molar-refractivity contribution in [2.75, 3.05) is 19.8 Å². The molecule has 1 N–H and O–H groups in total. The molecule has 7 heteroatoms. The SMILES string of the molecule is CCC(Br)CCNC(=O)CCOCC(F)(F)F. The van der Waals surface area contributed by atoms with Crippen molar-refractivity contribution >= 4 is 21.8 Å². The van der Waals surface area contributed by atoms with E-state index < -0.39 is 12.8 Å². The Labute approximate surface area is 107 Å². The molecule has 0 spiro atoms. The van der Waals surface area contributed by atoms with Crippen molar-refractivity contribution in [3.05, 3.63) is 0 Å². The van der Waals surface area contributed by atoms with E-state index in [2.05, 4.69) is 26.0 Å². The Morgan fingerprint density at radius 2 is 2.12 bits per heavy atom. The Morgan fingerprint density at radius 3 is 2.65 bits per heavy atom. The van der Waals surface area contributed by atoms with Gasteiger partial charge in [0, 0.05) is 17.8 Å². The van der Waals surface area contributed by atoms with E-state index in [1.165, 1.54) is 0 Å². The summed E-state index contributed by atoms with van der Waals surface area (Å²) in [4.78, 5) is 11.5. The Bertz CT molecular complexity index is 224. The zero-order valence-electron chi connectivity index (χ0n) is 9.65. The van der Waals surface area contributed by atoms with Crippen LogP contribution in [0, 0.1) is 0 Å². The van der Waals surface area contributed by atoms with E-state index in [-0.39, 0.29) is 18.9 Å². The van der Waals surface area contributed by atoms with E-state index in [1.54, 1.807) is 0 Å². The fraction of sp³-hybridized carbons (Fsp3) is 0.900. The predicted molar refractivity (Wildman–Crippen MR) is 62.1 cm³/mol. The summed E-state index contributed by atoms with van der Waals surface area (Å²) >= 11 is 3.41. The van der Waals surface area contributed by atoms with E-state index in [9.17, 15) is 18.0 Å². The smallest absolute Gasteiger partial charge is 0.372 e. The number of carbonyl (C=O) groups is 1. The summed E-state index contributed by atoms with van der Waals surface area (Å²) in [6.07, 6.45) is -2.62. The summed E-state index contributed by atoms with van der Waals surface area (Å²) in [5, 5.41) is 2.62. The van der Waals surface area contributed by atoms with Crippen LogP contribution in [-0.2, 0) is 9.53 Å². The number of carbonyl (C=O) groups excluding carboxylic acids is 1. The molecule has 3 nitrogen and oxygen atoms in total. The Hall–Kier alpha value is -0.300. The van der Waals surface area contributed by atoms with Crippen molar-refractivity contribution in [1.29, 1.82) is 0 Å². The molecule has 0 aromatic carbocycles. The minimum atomic E-state index is -4.33. The molecule has 1 amide bonds. The van der Waals surface area contributed by atoms with E-state index in [0.29, 0.717) is 11.4 Å². The molecule has 0 saturated heterocycles. The molecule has 1 unspecified atom stereocenters. The maximum absolute atomic E-state index is 11.7. The van der Waals surface area contributed by atoms with E-state index in [0.717, 1.165) is 12.8 Å². The fourth-order valence-corrected chi connectivity index (χ4v) is 1.24. The molecule has 0 radical (unpaired) electrons. The van der Waals surface area contributed by atoms with Crippen molar-refractivity contribution in [1.82, 2.24) is 5.32 Å². The van der Waals surface area contributed by atoms with Crippen LogP contribution in [0.2, 0.25) is 0 Å². The van der Waals surface area contributed by atoms with Gasteiger partial charge in [0.05, 0.1) is 6.61 Å². The van der Waals surface area contributed by atoms with Crippen LogP contribution in [0.5, 0.6) is 0 Å². The molecule has 0 aliphatic carbocycles. The van der Waals surface area contributed by atoms with Crippen LogP contribution in [0.15, 0.2) is 0 Å². The molecule has 0 rings (SSSR count). The number of hydrogen-bond donors (Lipinski definition) is 1. The number of alkyl halides is 4. The van der Waals surface area contributed by atoms with Crippen LogP contribution < -0.4 is 5.32 Å². The van der Waals surface area contributed by atoms with Crippen LogP contribution in [0.25, 0.3) is 0 Å². The van der Waals surface area contributed by atoms with Gasteiger partial charge in [-0.25, -0.2) is 0 Å². The van der Waals surface area contributed by atoms with Gasteiger partial charge in [-0.2, -0.15) is 13.2 Å². The summed E-state index contributed by atoms with van der Waals surface area (Å²) in [5.41, 5.74) is 0. The average Bonchev–Trinajstić information content (AvgIpc) is 2.23. The summed E-state index contributed by atoms with van der Waals surface area (Å²) in [6, 6.07) is 0. The van der Waals surface area contributed by atoms with Crippen LogP contribution in [0.4, 0.5) is 13.2 Å². The largest absolute Gasteiger partial charge is 0.411 e. The monoisotopic (exact) mass is 319 g/mol. The zero-order valence-corrected chi connectivity index (χ0v) is 11.2. The first-order chi connectivity index (χ1) is 7.85. The van der Waals surface area contributed by atoms with Crippen molar-refractivity contribution in [2.24, 2.45) is 0 Å². The lowest BCUT2D eigenvalue weighted by molar-refractivity contribution is -0.174. The third-order valence-electron chi connectivity index (χ3n) is 1.96. The molecular weight excluding hydrogens is 303 g/mol. The molecule has 0 fully saturated rings. The van der Waals surface area contributed by atoms with E-state index >= 15 is 0 Å². The van der Waals surface area contributed by atoms with Gasteiger partial charge in [-0.3, -0.25) is 4.79 Å². The van der Waals surface area contributed by atoms with Crippen molar-refractivity contribution in [2.45, 2.75) is 37.2 Å². The molecule has 0 aliphatic heterocycles. The average molecular weight is 320 g/mol. The third kappa shape index (κ3) is 12.0. The Kier molecular flexibility index (Phi) is 8.59. The molecule has 0 heterocycles. The van der Waals surface area contributed by atoms with Gasteiger partial charge in [-0.05, 0) is 12.8 Å². The van der Waals surface area contributed by atoms with Crippen molar-refractivity contribution in [3.63, 3.8) is 0 Å². The highest BCUT2D eigenvalue weighted by Gasteiger charge is 2.27. The maximum atomic E-state index is 11.7. The second-order valence-electron chi connectivity index (χ2n) is 3.56. The van der Waals surface area contributed by atoms with Gasteiger partial charge in [0.2, 0.25) is 5.91 Å². The number of hydrogen-bond acceptors (Lipinski definition) is 2. The second kappa shape index (κ2) is 8.74. The van der Waals surface area contributed by atoms with Gasteiger partial charge in [0.15, 0.2) is 0 Å². The highest BCUT2D eigenvalue weighted by Crippen LogP contribution is 2.14. The van der Waals surface area contributed by atoms with Crippen LogP contribution in [-0.4, -0.2) is 36.7 Å². The first-order valence-electron chi connectivity index (χ1n) is 5.40. The first kappa shape index (κ1) is 16.7. The molecule has 102 valence electrons. The molecule has 0 aromatic heterocycles. The minimum Gasteiger partial charge on any atom is -0.372 e. The van der Waals surface area contributed by atoms with Crippen LogP contribution in [0.1, 0.15) is 26.2 Å². The van der Waals surface area contributed by atoms with Crippen molar-refractivity contribution in [3.8, 4) is 0 Å². The predicted octanol–water partition coefficient (Wildman–Crippen LogP) is 2.64. The van der Waals surface area contributed by atoms with Gasteiger partial charge in [0.1, 0.15) is 6.61 Å². The third-order valence-corrected chi connectivity index (χ3v) is 3.07. The van der Waals surface area contributed by atoms with Gasteiger partial charge in [0.25, 0.3) is 0 Å². The van der Waals surface area contributed by atoms with Crippen molar-refractivity contribution < 1.29 is 22.7 Å². The lowest BCUT2D eigenvalue weighted by Crippen LogP contribution is -2.27. The molecule has 1 atom stereocenters. The lowest BCUT2D eigenvalue weighted by atomic mass is 10.2. The highest BCUT2D eigenvalue weighted by molar-refractivity contribution is 9.09. The molecule has 0 saturated carbocycles. The number of halogens is 4. The molecule has 0 bridgehead atoms. The van der Waals surface area contributed by atoms with Gasteiger partial charge in [-0.1, -0.05) is 22.9 Å². The van der Waals surface area contributed by atoms with Crippen LogP contribution >= 0.6 is 15.9 Å². The fourth-order valence-electron chi connectivity index (χ4n) is 1.01. The molecular formula is C10H17BrF3NO2. The number of amides is 1. The molecule has 0 aliphatic rings. The highest BCUT2D eigenvalue weighted by atomic mass is 79.9. The van der Waals surface area contributed by atoms with E-state index in [1.807, 2.05) is 6.92 Å². The standard InChI is InChI=1S/C10H17BrF3NO2/c1-2-8(11)3-5-15-9(16)4-6-17-7-10(12,13)14/h8H,2-7H2,1H3,(H,15,16). The van der Waals surface area contributed by atoms with Gasteiger partial charge in [-0.15, -0.1) is 0 Å². The Balaban J connectivity index is 3.41. The minimum absolute atomic E-state index is 0.0465. The zero-order chi connectivity index (χ0) is 13.3. The van der Waals surface area contributed by atoms with Gasteiger partial charge < -0.3 is 10.1 Å². The number of nitrogens with one attached hydrogen (secondary N) is 1. The number of ether oxygens (including phenoxy) is 1. The summed E-state index contributed by atoms with van der Waals surface area (Å²) in [7, 11) is 0. The first-order valence-corrected chi connectivity index (χ1v) is 6.32. The molecule has 0 aromatic rings. The Morgan fingerprint density at radius 1 is 1.47 bits per heavy atom. The quantitative estimate of drug-likeness (QED) is 0.551. The van der Waals surface area contributed by atoms with E-state index in [4.69, 9.17) is 0 Å². The second-order valence-corrected chi connectivity index (χ2v) is 4.86. The summed E-state index contributed by atoms with van der Waals surface area (Å²) in [5.74, 6) is -0.289. The summed E-state index contributed by atoms with van der Waals surface area (Å²) in [6.45, 7) is 1.02.